The van der Waals surface area contributed by atoms with E-state index in [9.17, 15) is 0 Å². The van der Waals surface area contributed by atoms with Gasteiger partial charge in [0, 0.05) is 0 Å². The van der Waals surface area contributed by atoms with E-state index in [-0.39, 0.29) is 0 Å². The van der Waals surface area contributed by atoms with Crippen molar-refractivity contribution in [1.82, 2.24) is 9.62 Å². The molecule has 0 aromatic heterocycles. The lowest BCUT2D eigenvalue weighted by molar-refractivity contribution is 0.303. The van der Waals surface area contributed by atoms with Crippen molar-refractivity contribution in [3.63, 3.8) is 0 Å². The van der Waals surface area contributed by atoms with E-state index in [0.717, 1.165) is 13.1 Å². The lowest BCUT2D eigenvalue weighted by Crippen LogP contribution is -2.63. The quantitative estimate of drug-likeness (QED) is 0.705. The van der Waals surface area contributed by atoms with Crippen LogP contribution in [0.2, 0.25) is 0 Å². The van der Waals surface area contributed by atoms with Gasteiger partial charge in [-0.05, 0) is 38.1 Å². The fraction of sp³-hybridized carbons (Fsp3) is 0.538. The van der Waals surface area contributed by atoms with E-state index in [1.165, 1.54) is 25.0 Å². The Kier molecular flexibility index (Phi) is 4.02. The zero-order valence-corrected chi connectivity index (χ0v) is 10.4. The summed E-state index contributed by atoms with van der Waals surface area (Å²) < 4.78 is 0. The third-order valence-corrected chi connectivity index (χ3v) is 3.49. The van der Waals surface area contributed by atoms with Gasteiger partial charge < -0.3 is 9.62 Å². The Bertz CT molecular complexity index is 303. The first-order chi connectivity index (χ1) is 7.86. The maximum atomic E-state index is 2.57. The molecule has 2 nitrogen and oxygen atoms in total. The van der Waals surface area contributed by atoms with Crippen molar-refractivity contribution in [1.29, 1.82) is 0 Å². The molecule has 1 aliphatic rings. The van der Waals surface area contributed by atoms with Crippen LogP contribution in [0, 0.1) is 0 Å². The Morgan fingerprint density at radius 3 is 2.06 bits per heavy atom. The Morgan fingerprint density at radius 1 is 1.00 bits per heavy atom. The van der Waals surface area contributed by atoms with Crippen molar-refractivity contribution in [2.24, 2.45) is 0 Å². The van der Waals surface area contributed by atoms with Crippen molar-refractivity contribution < 1.29 is 0 Å². The smallest absolute Gasteiger partial charge is 0.324 e. The van der Waals surface area contributed by atoms with Gasteiger partial charge in [0.25, 0.3) is 0 Å². The van der Waals surface area contributed by atoms with Gasteiger partial charge in [0.1, 0.15) is 0 Å². The fourth-order valence-corrected chi connectivity index (χ4v) is 2.66. The van der Waals surface area contributed by atoms with Crippen molar-refractivity contribution in [3.05, 3.63) is 30.3 Å². The zero-order chi connectivity index (χ0) is 11.4. The molecule has 1 heterocycles. The summed E-state index contributed by atoms with van der Waals surface area (Å²) in [5.41, 5.74) is 1.44. The van der Waals surface area contributed by atoms with Crippen LogP contribution in [0.15, 0.2) is 30.3 Å². The van der Waals surface area contributed by atoms with Crippen LogP contribution in [0.4, 0.5) is 0 Å². The summed E-state index contributed by atoms with van der Waals surface area (Å²) in [7, 11) is 0. The molecule has 0 N–H and O–H groups in total. The molecule has 0 radical (unpaired) electrons. The van der Waals surface area contributed by atoms with Crippen LogP contribution in [0.3, 0.4) is 0 Å². The van der Waals surface area contributed by atoms with Crippen molar-refractivity contribution in [2.45, 2.75) is 20.3 Å². The summed E-state index contributed by atoms with van der Waals surface area (Å²) in [4.78, 5) is 5.14. The summed E-state index contributed by atoms with van der Waals surface area (Å²) in [6, 6.07) is 10.9. The Morgan fingerprint density at radius 2 is 1.56 bits per heavy atom. The van der Waals surface area contributed by atoms with E-state index in [1.54, 1.807) is 0 Å². The molecule has 0 aliphatic carbocycles. The molecule has 2 rings (SSSR count). The van der Waals surface area contributed by atoms with Crippen LogP contribution in [0.5, 0.6) is 0 Å². The van der Waals surface area contributed by atoms with Crippen LogP contribution < -0.4 is 5.46 Å². The van der Waals surface area contributed by atoms with E-state index < -0.39 is 0 Å². The predicted molar refractivity (Wildman–Crippen MR) is 70.9 cm³/mol. The second kappa shape index (κ2) is 5.51. The van der Waals surface area contributed by atoms with Crippen LogP contribution in [0.1, 0.15) is 20.3 Å². The van der Waals surface area contributed by atoms with Gasteiger partial charge >= 0.3 is 6.98 Å². The van der Waals surface area contributed by atoms with Crippen molar-refractivity contribution >= 4 is 12.4 Å². The minimum absolute atomic E-state index is 0.491. The van der Waals surface area contributed by atoms with Crippen LogP contribution in [0.25, 0.3) is 0 Å². The fourth-order valence-electron chi connectivity index (χ4n) is 2.66. The highest BCUT2D eigenvalue weighted by Gasteiger charge is 2.33. The summed E-state index contributed by atoms with van der Waals surface area (Å²) in [5.74, 6) is 0. The molecule has 0 saturated carbocycles. The number of rotatable bonds is 3. The molecule has 1 aliphatic heterocycles. The molecule has 86 valence electrons. The van der Waals surface area contributed by atoms with Crippen LogP contribution in [-0.2, 0) is 0 Å². The molecule has 3 heteroatoms. The summed E-state index contributed by atoms with van der Waals surface area (Å²) in [5, 5.41) is 0. The normalized spacial score (nSPS) is 19.0. The molecule has 0 amide bonds. The minimum atomic E-state index is 0.491. The highest BCUT2D eigenvalue weighted by atomic mass is 15.2. The molecule has 0 unspecified atom stereocenters. The number of hydrogen-bond acceptors (Lipinski definition) is 2. The second-order valence-electron chi connectivity index (χ2n) is 4.40. The van der Waals surface area contributed by atoms with E-state index >= 15 is 0 Å². The minimum Gasteiger partial charge on any atom is -0.324 e. The predicted octanol–water partition coefficient (Wildman–Crippen LogP) is 1.43. The standard InChI is InChI=1S/C13H21BN2/c1-3-15-11-8-12-16(4-2)14(15)13-9-6-5-7-10-13/h5-7,9-10H,3-4,8,11-12H2,1-2H3. The molecular weight excluding hydrogens is 195 g/mol. The largest absolute Gasteiger partial charge is 0.346 e. The van der Waals surface area contributed by atoms with Crippen molar-refractivity contribution in [3.8, 4) is 0 Å². The van der Waals surface area contributed by atoms with E-state index in [2.05, 4.69) is 53.8 Å². The van der Waals surface area contributed by atoms with Gasteiger partial charge in [-0.25, -0.2) is 0 Å². The second-order valence-corrected chi connectivity index (χ2v) is 4.40. The zero-order valence-electron chi connectivity index (χ0n) is 10.4. The van der Waals surface area contributed by atoms with E-state index in [4.69, 9.17) is 0 Å². The highest BCUT2D eigenvalue weighted by Crippen LogP contribution is 2.10. The molecule has 16 heavy (non-hydrogen) atoms. The van der Waals surface area contributed by atoms with Gasteiger partial charge in [-0.1, -0.05) is 44.2 Å². The summed E-state index contributed by atoms with van der Waals surface area (Å²) in [6.45, 7) is 9.74. The number of benzene rings is 1. The first-order valence-corrected chi connectivity index (χ1v) is 6.39. The van der Waals surface area contributed by atoms with Gasteiger partial charge in [0.2, 0.25) is 0 Å². The SMILES string of the molecule is CCN1CCCN(CC)B1c1ccccc1. The molecule has 0 atom stereocenters. The van der Waals surface area contributed by atoms with Crippen molar-refractivity contribution in [2.75, 3.05) is 26.2 Å². The third-order valence-electron chi connectivity index (χ3n) is 3.49. The van der Waals surface area contributed by atoms with Crippen LogP contribution >= 0.6 is 0 Å². The molecule has 0 spiro atoms. The topological polar surface area (TPSA) is 6.48 Å². The first kappa shape index (κ1) is 11.7. The lowest BCUT2D eigenvalue weighted by Gasteiger charge is -2.40. The average Bonchev–Trinajstić information content (AvgIpc) is 2.38. The van der Waals surface area contributed by atoms with Crippen LogP contribution in [-0.4, -0.2) is 42.8 Å². The molecule has 1 aromatic rings. The Labute approximate surface area is 99.4 Å². The summed E-state index contributed by atoms with van der Waals surface area (Å²) >= 11 is 0. The number of hydrogen-bond donors (Lipinski definition) is 0. The Balaban J connectivity index is 2.24. The molecular formula is C13H21BN2. The third kappa shape index (κ3) is 2.31. The van der Waals surface area contributed by atoms with Gasteiger partial charge in [-0.3, -0.25) is 0 Å². The summed E-state index contributed by atoms with van der Waals surface area (Å²) in [6.07, 6.45) is 1.30. The first-order valence-electron chi connectivity index (χ1n) is 6.39. The van der Waals surface area contributed by atoms with Gasteiger partial charge in [0.15, 0.2) is 0 Å². The maximum absolute atomic E-state index is 2.57. The van der Waals surface area contributed by atoms with Gasteiger partial charge in [0.05, 0.1) is 0 Å². The Hall–Kier alpha value is -0.795. The lowest BCUT2D eigenvalue weighted by atomic mass is 9.62. The molecule has 1 fully saturated rings. The average molecular weight is 216 g/mol. The molecule has 1 saturated heterocycles. The molecule has 0 bridgehead atoms. The molecule has 1 aromatic carbocycles. The number of nitrogens with zero attached hydrogens (tertiary/aromatic N) is 2. The van der Waals surface area contributed by atoms with Gasteiger partial charge in [-0.2, -0.15) is 0 Å². The van der Waals surface area contributed by atoms with E-state index in [0.29, 0.717) is 6.98 Å². The monoisotopic (exact) mass is 216 g/mol. The highest BCUT2D eigenvalue weighted by molar-refractivity contribution is 6.68. The maximum Gasteiger partial charge on any atom is 0.346 e. The van der Waals surface area contributed by atoms with E-state index in [1.807, 2.05) is 0 Å². The van der Waals surface area contributed by atoms with Gasteiger partial charge in [-0.15, -0.1) is 0 Å².